The van der Waals surface area contributed by atoms with Crippen LogP contribution in [0.3, 0.4) is 0 Å². The molecule has 82 valence electrons. The summed E-state index contributed by atoms with van der Waals surface area (Å²) in [4.78, 5) is 0. The molecule has 0 aliphatic heterocycles. The molecule has 2 saturated carbocycles. The molecule has 2 aliphatic carbocycles. The lowest BCUT2D eigenvalue weighted by Crippen LogP contribution is -2.41. The van der Waals surface area contributed by atoms with Crippen molar-refractivity contribution in [3.8, 4) is 0 Å². The van der Waals surface area contributed by atoms with E-state index >= 15 is 0 Å². The molecule has 3 N–H and O–H groups in total. The maximum absolute atomic E-state index is 5.97. The van der Waals surface area contributed by atoms with Gasteiger partial charge >= 0.3 is 0 Å². The van der Waals surface area contributed by atoms with Gasteiger partial charge in [0.05, 0.1) is 0 Å². The quantitative estimate of drug-likeness (QED) is 0.722. The van der Waals surface area contributed by atoms with Crippen LogP contribution in [0.4, 0.5) is 0 Å². The van der Waals surface area contributed by atoms with E-state index in [-0.39, 0.29) is 0 Å². The van der Waals surface area contributed by atoms with E-state index in [2.05, 4.69) is 12.2 Å². The van der Waals surface area contributed by atoms with Crippen LogP contribution in [-0.4, -0.2) is 18.6 Å². The van der Waals surface area contributed by atoms with Gasteiger partial charge in [-0.25, -0.2) is 0 Å². The van der Waals surface area contributed by atoms with Gasteiger partial charge in [-0.3, -0.25) is 0 Å². The van der Waals surface area contributed by atoms with Gasteiger partial charge in [-0.2, -0.15) is 0 Å². The molecule has 2 fully saturated rings. The van der Waals surface area contributed by atoms with Crippen LogP contribution in [0.25, 0.3) is 0 Å². The third kappa shape index (κ3) is 2.48. The molecule has 2 nitrogen and oxygen atoms in total. The molecule has 0 bridgehead atoms. The summed E-state index contributed by atoms with van der Waals surface area (Å²) in [5.41, 5.74) is 6.65. The fourth-order valence-electron chi connectivity index (χ4n) is 2.61. The molecule has 0 aromatic heterocycles. The Labute approximate surface area is 87.6 Å². The van der Waals surface area contributed by atoms with Crippen molar-refractivity contribution in [2.45, 2.75) is 64.0 Å². The first kappa shape index (κ1) is 10.4. The Kier molecular flexibility index (Phi) is 3.13. The van der Waals surface area contributed by atoms with Gasteiger partial charge in [-0.1, -0.05) is 13.3 Å². The monoisotopic (exact) mass is 196 g/mol. The smallest absolute Gasteiger partial charge is 0.00820 e. The zero-order valence-electron chi connectivity index (χ0n) is 9.39. The maximum Gasteiger partial charge on any atom is 0.00820 e. The van der Waals surface area contributed by atoms with Crippen LogP contribution >= 0.6 is 0 Å². The van der Waals surface area contributed by atoms with E-state index < -0.39 is 0 Å². The van der Waals surface area contributed by atoms with Crippen LogP contribution in [0.15, 0.2) is 0 Å². The van der Waals surface area contributed by atoms with Gasteiger partial charge in [-0.15, -0.1) is 0 Å². The first-order valence-corrected chi connectivity index (χ1v) is 6.23. The van der Waals surface area contributed by atoms with Gasteiger partial charge in [0.2, 0.25) is 0 Å². The second-order valence-corrected chi connectivity index (χ2v) is 5.36. The molecule has 14 heavy (non-hydrogen) atoms. The summed E-state index contributed by atoms with van der Waals surface area (Å²) in [5.74, 6) is 0. The van der Waals surface area contributed by atoms with E-state index in [1.54, 1.807) is 0 Å². The van der Waals surface area contributed by atoms with Gasteiger partial charge in [-0.05, 0) is 43.9 Å². The number of hydrogen-bond donors (Lipinski definition) is 2. The highest BCUT2D eigenvalue weighted by molar-refractivity contribution is 4.94. The first-order chi connectivity index (χ1) is 6.74. The molecule has 0 spiro atoms. The minimum atomic E-state index is 0.457. The zero-order chi connectivity index (χ0) is 10.0. The van der Waals surface area contributed by atoms with Crippen molar-refractivity contribution in [3.05, 3.63) is 0 Å². The fraction of sp³-hybridized carbons (Fsp3) is 1.00. The van der Waals surface area contributed by atoms with Crippen molar-refractivity contribution in [2.75, 3.05) is 6.54 Å². The topological polar surface area (TPSA) is 38.0 Å². The molecule has 2 aliphatic rings. The van der Waals surface area contributed by atoms with Crippen molar-refractivity contribution >= 4 is 0 Å². The van der Waals surface area contributed by atoms with E-state index in [0.717, 1.165) is 0 Å². The predicted molar refractivity (Wildman–Crippen MR) is 60.2 cm³/mol. The van der Waals surface area contributed by atoms with Gasteiger partial charge in [0.25, 0.3) is 0 Å². The lowest BCUT2D eigenvalue weighted by molar-refractivity contribution is 0.311. The van der Waals surface area contributed by atoms with Gasteiger partial charge in [0.15, 0.2) is 0 Å². The van der Waals surface area contributed by atoms with E-state index in [1.807, 2.05) is 0 Å². The normalized spacial score (nSPS) is 35.6. The molecule has 2 rings (SSSR count). The molecule has 0 aromatic rings. The third-order valence-electron chi connectivity index (χ3n) is 4.19. The Hall–Kier alpha value is -0.0800. The van der Waals surface area contributed by atoms with E-state index in [4.69, 9.17) is 5.73 Å². The number of nitrogens with one attached hydrogen (secondary N) is 1. The van der Waals surface area contributed by atoms with Crippen molar-refractivity contribution in [2.24, 2.45) is 11.1 Å². The van der Waals surface area contributed by atoms with Crippen LogP contribution < -0.4 is 11.1 Å². The Morgan fingerprint density at radius 1 is 1.36 bits per heavy atom. The lowest BCUT2D eigenvalue weighted by atomic mass is 9.91. The van der Waals surface area contributed by atoms with Crippen LogP contribution in [0.2, 0.25) is 0 Å². The van der Waals surface area contributed by atoms with E-state index in [9.17, 15) is 0 Å². The van der Waals surface area contributed by atoms with Gasteiger partial charge in [0.1, 0.15) is 0 Å². The molecule has 0 radical (unpaired) electrons. The third-order valence-corrected chi connectivity index (χ3v) is 4.19. The first-order valence-electron chi connectivity index (χ1n) is 6.23. The Balaban J connectivity index is 1.69. The average molecular weight is 196 g/mol. The lowest BCUT2D eigenvalue weighted by Gasteiger charge is -2.29. The van der Waals surface area contributed by atoms with Crippen LogP contribution in [0, 0.1) is 5.41 Å². The Morgan fingerprint density at radius 3 is 2.71 bits per heavy atom. The zero-order valence-corrected chi connectivity index (χ0v) is 9.39. The molecule has 0 saturated heterocycles. The Bertz CT molecular complexity index is 187. The highest BCUT2D eigenvalue weighted by atomic mass is 14.9. The van der Waals surface area contributed by atoms with Crippen LogP contribution in [0.1, 0.15) is 51.9 Å². The molecular formula is C12H24N2. The van der Waals surface area contributed by atoms with E-state index in [0.29, 0.717) is 17.5 Å². The minimum Gasteiger partial charge on any atom is -0.328 e. The largest absolute Gasteiger partial charge is 0.328 e. The molecule has 0 heterocycles. The number of rotatable bonds is 4. The standard InChI is InChI=1S/C12H24N2/c1-2-12(6-7-12)9-14-11-5-3-4-10(13)8-11/h10-11,14H,2-9,13H2,1H3. The SMILES string of the molecule is CCC1(CNC2CCCC(N)C2)CC1. The second kappa shape index (κ2) is 4.19. The van der Waals surface area contributed by atoms with E-state index in [1.165, 1.54) is 51.5 Å². The van der Waals surface area contributed by atoms with Crippen LogP contribution in [0.5, 0.6) is 0 Å². The predicted octanol–water partition coefficient (Wildman–Crippen LogP) is 2.04. The maximum atomic E-state index is 5.97. The summed E-state index contributed by atoms with van der Waals surface area (Å²) in [5, 5.41) is 3.73. The minimum absolute atomic E-state index is 0.457. The van der Waals surface area contributed by atoms with Gasteiger partial charge in [0, 0.05) is 18.6 Å². The molecule has 2 unspecified atom stereocenters. The average Bonchev–Trinajstić information content (AvgIpc) is 2.96. The van der Waals surface area contributed by atoms with Gasteiger partial charge < -0.3 is 11.1 Å². The molecule has 0 amide bonds. The number of hydrogen-bond acceptors (Lipinski definition) is 2. The summed E-state index contributed by atoms with van der Waals surface area (Å²) < 4.78 is 0. The van der Waals surface area contributed by atoms with Crippen molar-refractivity contribution in [3.63, 3.8) is 0 Å². The van der Waals surface area contributed by atoms with Crippen molar-refractivity contribution in [1.82, 2.24) is 5.32 Å². The molecular weight excluding hydrogens is 172 g/mol. The second-order valence-electron chi connectivity index (χ2n) is 5.36. The molecule has 2 heteroatoms. The summed E-state index contributed by atoms with van der Waals surface area (Å²) in [6.45, 7) is 3.56. The summed E-state index contributed by atoms with van der Waals surface area (Å²) >= 11 is 0. The molecule has 0 aromatic carbocycles. The summed E-state index contributed by atoms with van der Waals surface area (Å²) in [7, 11) is 0. The van der Waals surface area contributed by atoms with Crippen LogP contribution in [-0.2, 0) is 0 Å². The van der Waals surface area contributed by atoms with Crippen molar-refractivity contribution < 1.29 is 0 Å². The van der Waals surface area contributed by atoms with Crippen molar-refractivity contribution in [1.29, 1.82) is 0 Å². The number of nitrogens with two attached hydrogens (primary N) is 1. The summed E-state index contributed by atoms with van der Waals surface area (Å²) in [6, 6.07) is 1.17. The summed E-state index contributed by atoms with van der Waals surface area (Å²) in [6.07, 6.45) is 9.31. The Morgan fingerprint density at radius 2 is 2.14 bits per heavy atom. The fourth-order valence-corrected chi connectivity index (χ4v) is 2.61. The molecule has 2 atom stereocenters. The highest BCUT2D eigenvalue weighted by Gasteiger charge is 2.40. The highest BCUT2D eigenvalue weighted by Crippen LogP contribution is 2.48.